The van der Waals surface area contributed by atoms with Gasteiger partial charge in [-0.15, -0.1) is 0 Å². The summed E-state index contributed by atoms with van der Waals surface area (Å²) in [6.45, 7) is 115. The Morgan fingerprint density at radius 1 is 0.326 bits per heavy atom. The van der Waals surface area contributed by atoms with Gasteiger partial charge in [-0.3, -0.25) is 19.2 Å². The standard InChI is InChI=1S/C13H26N2O2.C13H25NO3.C13H25NO2.C12H26N2O.C12H23NO3.C12H25NO2.2C12H25NO.C11H23NO2/c1-11(2,3)14-10(16)9-8-12(4,5)15(17)13(9,6)7;1-11(2,3)17-10(15)9-8-12(4,5)14(16)13(9,6)7;1-9(2)11(15)7-10-8-12(3,4)14(16)13(10,5)6;1-9(2)13-8-10-7-11(3,4)14(15)12(10,5)6;1-8(2)10(14)16-9-7-11(3,4)13(15)12(9,5)6;1-9(2)15-8-10-7-11(3,4)13(14)12(10,5)6;2*1-9(2)7-10-8-11(3,4)13(14)12(10,5)6;1-8(2)14-9-7-10(3,4)12(13)11(9,5)6/h9,17H,8H2,1-7H3,(H,14,16);9,16H,8H2,1-7H3;9-10,16H,7-8H2,1-6H3;9-10,13,15H,7-8H2,1-6H3;8-9,15H,7H2,1-6H3;9-10,14H,7-8H2,1-6H3;2*9-10,14H,7-8H2,1-6H3;8-9,13H,7H2,1-6H3. The number of Topliss-reactive ketones (excluding diaryl/α,β-unsaturated/α-hetero) is 1. The molecule has 0 radical (unpaired) electrons. The van der Waals surface area contributed by atoms with Crippen LogP contribution in [0.5, 0.6) is 0 Å². The van der Waals surface area contributed by atoms with E-state index in [0.717, 1.165) is 51.7 Å². The van der Waals surface area contributed by atoms with Crippen LogP contribution in [0.3, 0.4) is 0 Å². The van der Waals surface area contributed by atoms with Gasteiger partial charge in [0.15, 0.2) is 0 Å². The van der Waals surface area contributed by atoms with E-state index in [9.17, 15) is 66.0 Å². The molecule has 9 unspecified atom stereocenters. The first kappa shape index (κ1) is 133. The van der Waals surface area contributed by atoms with Crippen LogP contribution in [0.15, 0.2) is 0 Å². The van der Waals surface area contributed by atoms with Crippen LogP contribution < -0.4 is 10.6 Å². The van der Waals surface area contributed by atoms with Gasteiger partial charge in [0, 0.05) is 120 Å². The average Bonchev–Trinajstić information content (AvgIpc) is 1.58. The van der Waals surface area contributed by atoms with Crippen LogP contribution in [0.4, 0.5) is 0 Å². The average molecular weight is 1970 g/mol. The van der Waals surface area contributed by atoms with E-state index in [2.05, 4.69) is 163 Å². The molecule has 9 heterocycles. The molecule has 0 aromatic rings. The molecule has 9 fully saturated rings. The third-order valence-electron chi connectivity index (χ3n) is 31.5. The number of carbonyl (C=O) groups is 4. The zero-order valence-electron chi connectivity index (χ0n) is 99.5. The van der Waals surface area contributed by atoms with Crippen molar-refractivity contribution in [3.8, 4) is 0 Å². The highest BCUT2D eigenvalue weighted by Gasteiger charge is 2.61. The van der Waals surface area contributed by atoms with Gasteiger partial charge >= 0.3 is 11.9 Å². The summed E-state index contributed by atoms with van der Waals surface area (Å²) in [6, 6.07) is 0.511. The zero-order valence-corrected chi connectivity index (χ0v) is 99.5. The topological polar surface area (TPSA) is 340 Å². The van der Waals surface area contributed by atoms with Crippen molar-refractivity contribution in [2.45, 2.75) is 606 Å². The molecule has 11 N–H and O–H groups in total. The minimum Gasteiger partial charge on any atom is -0.460 e. The fourth-order valence-electron chi connectivity index (χ4n) is 23.0. The van der Waals surface area contributed by atoms with Crippen LogP contribution in [0, 0.1) is 65.1 Å². The molecule has 138 heavy (non-hydrogen) atoms. The molecule has 9 aliphatic rings. The second kappa shape index (κ2) is 47.4. The Hall–Kier alpha value is -2.76. The number of ketones is 1. The van der Waals surface area contributed by atoms with Crippen LogP contribution in [0.1, 0.15) is 465 Å². The molecule has 28 heteroatoms. The fourth-order valence-corrected chi connectivity index (χ4v) is 23.0. The first-order chi connectivity index (χ1) is 60.8. The summed E-state index contributed by atoms with van der Waals surface area (Å²) in [4.78, 5) is 47.8. The molecule has 0 aliphatic carbocycles. The van der Waals surface area contributed by atoms with Gasteiger partial charge in [0.2, 0.25) is 5.91 Å². The first-order valence-electron chi connectivity index (χ1n) is 52.5. The van der Waals surface area contributed by atoms with Gasteiger partial charge in [-0.1, -0.05) is 69.2 Å². The lowest BCUT2D eigenvalue weighted by Crippen LogP contribution is -2.52. The number of hydroxylamine groups is 18. The normalized spacial score (nSPS) is 29.6. The maximum absolute atomic E-state index is 12.3. The number of nitrogens with zero attached hydrogens (tertiary/aromatic N) is 9. The number of ether oxygens (including phenoxy) is 4. The van der Waals surface area contributed by atoms with Gasteiger partial charge in [0.1, 0.15) is 17.5 Å². The highest BCUT2D eigenvalue weighted by molar-refractivity contribution is 5.81. The highest BCUT2D eigenvalue weighted by Crippen LogP contribution is 2.53. The number of rotatable bonds is 19. The van der Waals surface area contributed by atoms with Crippen molar-refractivity contribution in [2.75, 3.05) is 13.2 Å². The zero-order chi connectivity index (χ0) is 110. The number of carbonyl (C=O) groups excluding carboxylic acids is 4. The molecular formula is C110H223N11O17. The SMILES string of the molecule is CC(C)(C)NC(=O)C1CC(C)(C)N(O)C1(C)C.CC(C)(C)OC(=O)C1CC(C)(C)N(O)C1(C)C.CC(C)C(=O)CC1CC(C)(C)N(O)C1(C)C.CC(C)C(=O)OC1CC(C)(C)N(O)C1(C)C.CC(C)CC1CC(C)(C)N(O)C1(C)C.CC(C)CC1CC(C)(C)N(O)C1(C)C.CC(C)NCC1CC(C)(C)N(O)C1(C)C.CC(C)OC1CC(C)(C)N(O)C1(C)C.CC(C)OCC1CC(C)(C)N(O)C1(C)C. The predicted octanol–water partition coefficient (Wildman–Crippen LogP) is 23.8. The van der Waals surface area contributed by atoms with Crippen molar-refractivity contribution in [3.05, 3.63) is 0 Å². The van der Waals surface area contributed by atoms with Gasteiger partial charge in [-0.05, 0) is 418 Å². The molecule has 9 saturated heterocycles. The summed E-state index contributed by atoms with van der Waals surface area (Å²) in [7, 11) is 0. The van der Waals surface area contributed by atoms with E-state index in [1.54, 1.807) is 10.1 Å². The highest BCUT2D eigenvalue weighted by atomic mass is 16.6. The van der Waals surface area contributed by atoms with Crippen molar-refractivity contribution in [1.29, 1.82) is 0 Å². The van der Waals surface area contributed by atoms with E-state index >= 15 is 0 Å². The van der Waals surface area contributed by atoms with Gasteiger partial charge in [-0.25, -0.2) is 0 Å². The third-order valence-corrected chi connectivity index (χ3v) is 31.5. The Labute approximate surface area is 844 Å². The molecular weight excluding hydrogens is 1750 g/mol. The number of hydrogen-bond acceptors (Lipinski definition) is 27. The smallest absolute Gasteiger partial charge is 0.311 e. The van der Waals surface area contributed by atoms with E-state index in [-0.39, 0.29) is 155 Å². The molecule has 9 atom stereocenters. The number of nitrogens with one attached hydrogen (secondary N) is 2. The monoisotopic (exact) mass is 1970 g/mol. The molecule has 9 aliphatic heterocycles. The minimum atomic E-state index is -0.591. The van der Waals surface area contributed by atoms with Crippen molar-refractivity contribution in [2.24, 2.45) is 65.1 Å². The Morgan fingerprint density at radius 3 is 0.841 bits per heavy atom. The van der Waals surface area contributed by atoms with Gasteiger partial charge in [-0.2, -0.15) is 45.6 Å². The van der Waals surface area contributed by atoms with E-state index in [4.69, 9.17) is 18.9 Å². The Kier molecular flexibility index (Phi) is 45.8. The second-order valence-corrected chi connectivity index (χ2v) is 57.5. The van der Waals surface area contributed by atoms with Crippen molar-refractivity contribution < 1.29 is 85.0 Å². The van der Waals surface area contributed by atoms with E-state index in [0.29, 0.717) is 73.0 Å². The Balaban J connectivity index is 0.000000777. The van der Waals surface area contributed by atoms with Crippen LogP contribution >= 0.6 is 0 Å². The lowest BCUT2D eigenvalue weighted by atomic mass is 9.81. The van der Waals surface area contributed by atoms with Gasteiger partial charge in [0.05, 0.1) is 64.8 Å². The number of amides is 1. The minimum absolute atomic E-state index is 0.0205. The van der Waals surface area contributed by atoms with E-state index in [1.807, 2.05) is 235 Å². The van der Waals surface area contributed by atoms with E-state index in [1.165, 1.54) is 48.3 Å². The lowest BCUT2D eigenvalue weighted by Gasteiger charge is -2.36. The summed E-state index contributed by atoms with van der Waals surface area (Å²) < 4.78 is 22.4. The predicted molar refractivity (Wildman–Crippen MR) is 558 cm³/mol. The van der Waals surface area contributed by atoms with Crippen LogP contribution in [0.2, 0.25) is 0 Å². The Bertz CT molecular complexity index is 3500. The summed E-state index contributed by atoms with van der Waals surface area (Å²) in [6.07, 6.45) is 11.1. The Morgan fingerprint density at radius 2 is 0.601 bits per heavy atom. The van der Waals surface area contributed by atoms with Crippen LogP contribution in [-0.4, -0.2) is 271 Å². The molecule has 0 saturated carbocycles. The van der Waals surface area contributed by atoms with Crippen molar-refractivity contribution in [3.63, 3.8) is 0 Å². The molecule has 0 aromatic heterocycles. The third kappa shape index (κ3) is 34.4. The molecule has 9 rings (SSSR count). The van der Waals surface area contributed by atoms with E-state index < -0.39 is 27.8 Å². The molecule has 0 bridgehead atoms. The maximum Gasteiger partial charge on any atom is 0.311 e. The quantitative estimate of drug-likeness (QED) is 0.0535. The van der Waals surface area contributed by atoms with Crippen LogP contribution in [-0.2, 0) is 38.1 Å². The maximum atomic E-state index is 12.3. The second-order valence-electron chi connectivity index (χ2n) is 57.5. The largest absolute Gasteiger partial charge is 0.460 e. The summed E-state index contributed by atoms with van der Waals surface area (Å²) in [5, 5.41) is 110. The summed E-state index contributed by atoms with van der Waals surface area (Å²) >= 11 is 0. The molecule has 1 amide bonds. The summed E-state index contributed by atoms with van der Waals surface area (Å²) in [5.74, 6) is 3.09. The molecule has 0 spiro atoms. The lowest BCUT2D eigenvalue weighted by molar-refractivity contribution is -0.206. The summed E-state index contributed by atoms with van der Waals surface area (Å²) in [5.41, 5.74) is -5.38. The van der Waals surface area contributed by atoms with Crippen molar-refractivity contribution >= 4 is 23.6 Å². The number of esters is 2. The fraction of sp³-hybridized carbons (Fsp3) is 0.964. The molecule has 28 nitrogen and oxygen atoms in total. The number of hydrogen-bond donors (Lipinski definition) is 11. The first-order valence-corrected chi connectivity index (χ1v) is 52.5. The van der Waals surface area contributed by atoms with Gasteiger partial charge in [0.25, 0.3) is 0 Å². The van der Waals surface area contributed by atoms with Gasteiger partial charge < -0.3 is 76.4 Å². The molecule has 820 valence electrons. The van der Waals surface area contributed by atoms with Crippen LogP contribution in [0.25, 0.3) is 0 Å². The van der Waals surface area contributed by atoms with Crippen molar-refractivity contribution in [1.82, 2.24) is 56.2 Å². The molecule has 0 aromatic carbocycles.